The van der Waals surface area contributed by atoms with Crippen molar-refractivity contribution in [1.29, 1.82) is 0 Å². The summed E-state index contributed by atoms with van der Waals surface area (Å²) in [6, 6.07) is 3.99. The van der Waals surface area contributed by atoms with Crippen LogP contribution in [0.3, 0.4) is 0 Å². The third-order valence-corrected chi connectivity index (χ3v) is 2.95. The lowest BCUT2D eigenvalue weighted by Crippen LogP contribution is -2.17. The molecule has 16 heavy (non-hydrogen) atoms. The summed E-state index contributed by atoms with van der Waals surface area (Å²) in [5.41, 5.74) is 5.73. The first kappa shape index (κ1) is 11.5. The second kappa shape index (κ2) is 4.89. The maximum absolute atomic E-state index is 13.3. The largest absolute Gasteiger partial charge is 0.373 e. The van der Waals surface area contributed by atoms with Gasteiger partial charge in [-0.25, -0.2) is 8.78 Å². The topological polar surface area (TPSA) is 35.2 Å². The van der Waals surface area contributed by atoms with Crippen molar-refractivity contribution in [3.8, 4) is 0 Å². The predicted molar refractivity (Wildman–Crippen MR) is 56.8 cm³/mol. The van der Waals surface area contributed by atoms with Gasteiger partial charge < -0.3 is 10.5 Å². The Kier molecular flexibility index (Phi) is 3.51. The van der Waals surface area contributed by atoms with Crippen LogP contribution in [0.5, 0.6) is 0 Å². The molecule has 0 heterocycles. The van der Waals surface area contributed by atoms with E-state index in [4.69, 9.17) is 10.5 Å². The van der Waals surface area contributed by atoms with E-state index in [1.807, 2.05) is 0 Å². The number of ether oxygens (including phenoxy) is 1. The third kappa shape index (κ3) is 2.57. The maximum atomic E-state index is 13.3. The van der Waals surface area contributed by atoms with Crippen molar-refractivity contribution >= 4 is 0 Å². The standard InChI is InChI=1S/C12H15F2NO/c13-11-2-1-3-12(14)10(11)7-16-9-5-4-8(15)6-9/h1-3,8-9H,4-7,15H2. The molecule has 1 aromatic carbocycles. The van der Waals surface area contributed by atoms with Crippen molar-refractivity contribution in [3.63, 3.8) is 0 Å². The molecule has 0 aromatic heterocycles. The van der Waals surface area contributed by atoms with Crippen molar-refractivity contribution in [3.05, 3.63) is 35.4 Å². The summed E-state index contributed by atoms with van der Waals surface area (Å²) in [7, 11) is 0. The van der Waals surface area contributed by atoms with Crippen LogP contribution < -0.4 is 5.73 Å². The maximum Gasteiger partial charge on any atom is 0.131 e. The molecule has 0 bridgehead atoms. The third-order valence-electron chi connectivity index (χ3n) is 2.95. The van der Waals surface area contributed by atoms with Crippen molar-refractivity contribution in [1.82, 2.24) is 0 Å². The minimum absolute atomic E-state index is 0.00275. The summed E-state index contributed by atoms with van der Waals surface area (Å²) in [4.78, 5) is 0. The molecule has 1 aliphatic carbocycles. The highest BCUT2D eigenvalue weighted by Crippen LogP contribution is 2.22. The molecule has 1 fully saturated rings. The van der Waals surface area contributed by atoms with Crippen molar-refractivity contribution in [2.75, 3.05) is 0 Å². The number of halogens is 2. The summed E-state index contributed by atoms with van der Waals surface area (Å²) < 4.78 is 32.0. The Morgan fingerprint density at radius 3 is 2.50 bits per heavy atom. The molecular weight excluding hydrogens is 212 g/mol. The average Bonchev–Trinajstić information content (AvgIpc) is 2.63. The summed E-state index contributed by atoms with van der Waals surface area (Å²) >= 11 is 0. The normalized spacial score (nSPS) is 24.9. The first-order chi connectivity index (χ1) is 7.66. The van der Waals surface area contributed by atoms with Gasteiger partial charge in [0.05, 0.1) is 12.7 Å². The van der Waals surface area contributed by atoms with Gasteiger partial charge in [-0.05, 0) is 31.4 Å². The Morgan fingerprint density at radius 2 is 1.94 bits per heavy atom. The molecule has 0 aliphatic heterocycles. The summed E-state index contributed by atoms with van der Waals surface area (Å²) in [6.07, 6.45) is 2.60. The quantitative estimate of drug-likeness (QED) is 0.860. The summed E-state index contributed by atoms with van der Waals surface area (Å²) in [5, 5.41) is 0. The van der Waals surface area contributed by atoms with Gasteiger partial charge in [-0.3, -0.25) is 0 Å². The van der Waals surface area contributed by atoms with E-state index in [2.05, 4.69) is 0 Å². The van der Waals surface area contributed by atoms with Gasteiger partial charge >= 0.3 is 0 Å². The zero-order chi connectivity index (χ0) is 11.5. The fraction of sp³-hybridized carbons (Fsp3) is 0.500. The smallest absolute Gasteiger partial charge is 0.131 e. The van der Waals surface area contributed by atoms with E-state index < -0.39 is 11.6 Å². The van der Waals surface area contributed by atoms with Crippen LogP contribution in [-0.2, 0) is 11.3 Å². The molecule has 88 valence electrons. The van der Waals surface area contributed by atoms with E-state index in [0.717, 1.165) is 19.3 Å². The number of rotatable bonds is 3. The Hall–Kier alpha value is -1.00. The van der Waals surface area contributed by atoms with Crippen LogP contribution in [0.2, 0.25) is 0 Å². The molecule has 0 radical (unpaired) electrons. The van der Waals surface area contributed by atoms with E-state index >= 15 is 0 Å². The van der Waals surface area contributed by atoms with Crippen LogP contribution in [-0.4, -0.2) is 12.1 Å². The lowest BCUT2D eigenvalue weighted by molar-refractivity contribution is 0.0416. The van der Waals surface area contributed by atoms with Crippen molar-refractivity contribution in [2.24, 2.45) is 5.73 Å². The highest BCUT2D eigenvalue weighted by Gasteiger charge is 2.22. The monoisotopic (exact) mass is 227 g/mol. The number of nitrogens with two attached hydrogens (primary N) is 1. The van der Waals surface area contributed by atoms with Gasteiger partial charge in [0.1, 0.15) is 11.6 Å². The molecule has 0 saturated heterocycles. The van der Waals surface area contributed by atoms with E-state index in [1.54, 1.807) is 0 Å². The Morgan fingerprint density at radius 1 is 1.25 bits per heavy atom. The molecule has 1 aromatic rings. The molecule has 2 nitrogen and oxygen atoms in total. The predicted octanol–water partition coefficient (Wildman–Crippen LogP) is 2.36. The first-order valence-corrected chi connectivity index (χ1v) is 5.47. The lowest BCUT2D eigenvalue weighted by atomic mass is 10.2. The van der Waals surface area contributed by atoms with Crippen molar-refractivity contribution < 1.29 is 13.5 Å². The molecule has 1 saturated carbocycles. The first-order valence-electron chi connectivity index (χ1n) is 5.47. The van der Waals surface area contributed by atoms with Gasteiger partial charge in [0, 0.05) is 11.6 Å². The Labute approximate surface area is 93.4 Å². The highest BCUT2D eigenvalue weighted by atomic mass is 19.1. The molecule has 2 unspecified atom stereocenters. The van der Waals surface area contributed by atoms with Crippen LogP contribution in [0, 0.1) is 11.6 Å². The summed E-state index contributed by atoms with van der Waals surface area (Å²) in [5.74, 6) is -1.11. The highest BCUT2D eigenvalue weighted by molar-refractivity contribution is 5.18. The average molecular weight is 227 g/mol. The summed E-state index contributed by atoms with van der Waals surface area (Å²) in [6.45, 7) is -0.0180. The molecule has 0 spiro atoms. The molecule has 0 amide bonds. The van der Waals surface area contributed by atoms with Gasteiger partial charge in [-0.1, -0.05) is 6.07 Å². The van der Waals surface area contributed by atoms with Crippen LogP contribution in [0.25, 0.3) is 0 Å². The minimum atomic E-state index is -0.553. The molecular formula is C12H15F2NO. The molecule has 2 rings (SSSR count). The van der Waals surface area contributed by atoms with E-state index in [0.29, 0.717) is 0 Å². The van der Waals surface area contributed by atoms with Crippen molar-refractivity contribution in [2.45, 2.75) is 38.0 Å². The van der Waals surface area contributed by atoms with E-state index in [1.165, 1.54) is 18.2 Å². The molecule has 1 aliphatic rings. The SMILES string of the molecule is NC1CCC(OCc2c(F)cccc2F)C1. The van der Waals surface area contributed by atoms with E-state index in [9.17, 15) is 8.78 Å². The van der Waals surface area contributed by atoms with Crippen LogP contribution in [0.1, 0.15) is 24.8 Å². The lowest BCUT2D eigenvalue weighted by Gasteiger charge is -2.12. The second-order valence-electron chi connectivity index (χ2n) is 4.21. The fourth-order valence-corrected chi connectivity index (χ4v) is 2.00. The van der Waals surface area contributed by atoms with Crippen LogP contribution in [0.15, 0.2) is 18.2 Å². The van der Waals surface area contributed by atoms with Gasteiger partial charge in [0.15, 0.2) is 0 Å². The zero-order valence-corrected chi connectivity index (χ0v) is 8.96. The van der Waals surface area contributed by atoms with Crippen LogP contribution in [0.4, 0.5) is 8.78 Å². The van der Waals surface area contributed by atoms with Crippen LogP contribution >= 0.6 is 0 Å². The van der Waals surface area contributed by atoms with E-state index in [-0.39, 0.29) is 24.3 Å². The number of benzene rings is 1. The second-order valence-corrected chi connectivity index (χ2v) is 4.21. The Bertz CT molecular complexity index is 350. The Balaban J connectivity index is 1.94. The number of hydrogen-bond acceptors (Lipinski definition) is 2. The van der Waals surface area contributed by atoms with Gasteiger partial charge in [0.25, 0.3) is 0 Å². The molecule has 2 atom stereocenters. The molecule has 2 N–H and O–H groups in total. The fourth-order valence-electron chi connectivity index (χ4n) is 2.00. The van der Waals surface area contributed by atoms with Gasteiger partial charge in [-0.2, -0.15) is 0 Å². The molecule has 4 heteroatoms. The van der Waals surface area contributed by atoms with Gasteiger partial charge in [-0.15, -0.1) is 0 Å². The number of hydrogen-bond donors (Lipinski definition) is 1. The van der Waals surface area contributed by atoms with Gasteiger partial charge in [0.2, 0.25) is 0 Å². The zero-order valence-electron chi connectivity index (χ0n) is 8.96. The minimum Gasteiger partial charge on any atom is -0.373 e.